The van der Waals surface area contributed by atoms with E-state index in [0.717, 1.165) is 28.0 Å². The number of ether oxygens (including phenoxy) is 6. The molecule has 0 saturated heterocycles. The molecule has 7 amide bonds. The quantitative estimate of drug-likeness (QED) is 0.0233. The summed E-state index contributed by atoms with van der Waals surface area (Å²) in [5.74, 6) is -0.683. The van der Waals surface area contributed by atoms with E-state index in [1.54, 1.807) is 37.4 Å². The molecule has 5 aliphatic rings. The number of carbonyl (C=O) groups excluding carboxylic acids is 8. The highest BCUT2D eigenvalue weighted by atomic mass is 16.6. The molecule has 470 valence electrons. The van der Waals surface area contributed by atoms with E-state index in [0.29, 0.717) is 92.8 Å². The van der Waals surface area contributed by atoms with Crippen LogP contribution in [-0.2, 0) is 73.5 Å². The number of benzene rings is 2. The van der Waals surface area contributed by atoms with E-state index in [-0.39, 0.29) is 87.7 Å². The summed E-state index contributed by atoms with van der Waals surface area (Å²) in [4.78, 5) is 108. The number of hydrogen-bond donors (Lipinski definition) is 8. The lowest BCUT2D eigenvalue weighted by Crippen LogP contribution is -2.48. The number of aliphatic hydroxyl groups excluding tert-OH is 1. The Hall–Kier alpha value is -8.52. The maximum absolute atomic E-state index is 14.2. The number of allylic oxidation sites excluding steroid dienone is 3. The average Bonchev–Trinajstić information content (AvgIpc) is 1.58. The number of nitrogens with one attached hydrogen (secondary N) is 6. The molecule has 6 unspecified atom stereocenters. The van der Waals surface area contributed by atoms with Crippen LogP contribution in [0.1, 0.15) is 66.8 Å². The number of amides is 7. The molecule has 0 spiro atoms. The lowest BCUT2D eigenvalue weighted by Gasteiger charge is -2.32. The normalized spacial score (nSPS) is 18.9. The summed E-state index contributed by atoms with van der Waals surface area (Å²) < 4.78 is 34.4. The van der Waals surface area contributed by atoms with Crippen molar-refractivity contribution in [1.29, 1.82) is 0 Å². The van der Waals surface area contributed by atoms with Crippen molar-refractivity contribution >= 4 is 59.0 Å². The Bertz CT molecular complexity index is 3030. The summed E-state index contributed by atoms with van der Waals surface area (Å²) in [6, 6.07) is 6.76. The summed E-state index contributed by atoms with van der Waals surface area (Å²) in [7, 11) is 7.80. The van der Waals surface area contributed by atoms with Crippen molar-refractivity contribution in [2.75, 3.05) is 99.6 Å². The molecule has 9 N–H and O–H groups in total. The number of aliphatic hydroxyl groups is 1. The number of likely N-dealkylation sites (N-methyl/N-ethyl adjacent to an activating group) is 3. The standard InChI is InChI=1S/C62H82N10O15/c1-7-39-14-20-46-49(34-41-32-40(15-19-45(41)56(46)55(39)59(78)83-6)57(76)50-35-42-33-44(84-31-27-64-2)18-21-48(42)86-50)87-62(81)71(4)30-29-70(3)61(80)85-37-38-12-16-43(17-13-38)68-58(77)47(10-8-24-67-60(63)79)69-52(74)36-65-25-26-66-51(73)11-9-28-72-53(75)22-23-54(72)82-5/h8,10,12-13,16-18,21-23,33-35,40,42,47-48,54,58,64-65,68,77H,7,9,11,14-15,19-20,24-32,36-37H2,1-6H3,(H,66,73)(H,69,74)(H3,63,67,79)/b10-8+. The Kier molecular flexibility index (Phi) is 24.5. The number of methoxy groups -OCH3 is 2. The van der Waals surface area contributed by atoms with Gasteiger partial charge in [0.15, 0.2) is 17.8 Å². The van der Waals surface area contributed by atoms with Crippen molar-refractivity contribution < 1.29 is 71.9 Å². The van der Waals surface area contributed by atoms with E-state index < -0.39 is 54.5 Å². The third-order valence-corrected chi connectivity index (χ3v) is 15.5. The van der Waals surface area contributed by atoms with Crippen molar-refractivity contribution in [2.24, 2.45) is 17.6 Å². The largest absolute Gasteiger partial charge is 0.493 e. The SMILES string of the molecule is CCC1=C(C(=O)OC)c2c3c(cc(OC(=O)N(C)CCN(C)C(=O)OCc4ccc(NC(O)C(/C=C/CNC(N)=O)NC(=O)CNCCNC(=O)CCCN5C(=O)C=CC5OC)cc4)c2CC1)CC(C(=O)C1=CC2C=C(OCCNC)C=CC2O1)CC3. The zero-order valence-corrected chi connectivity index (χ0v) is 50.3. The van der Waals surface area contributed by atoms with Crippen LogP contribution >= 0.6 is 0 Å². The number of fused-ring (bicyclic) bond motifs is 4. The fourth-order valence-electron chi connectivity index (χ4n) is 10.7. The summed E-state index contributed by atoms with van der Waals surface area (Å²) in [5.41, 5.74) is 10.8. The summed E-state index contributed by atoms with van der Waals surface area (Å²) in [6.07, 6.45) is 14.0. The molecule has 2 aliphatic heterocycles. The van der Waals surface area contributed by atoms with Crippen LogP contribution in [-0.4, -0.2) is 186 Å². The van der Waals surface area contributed by atoms with E-state index in [4.69, 9.17) is 34.2 Å². The smallest absolute Gasteiger partial charge is 0.415 e. The minimum atomic E-state index is -1.35. The maximum Gasteiger partial charge on any atom is 0.415 e. The fourth-order valence-corrected chi connectivity index (χ4v) is 10.7. The molecule has 3 aliphatic carbocycles. The van der Waals surface area contributed by atoms with Crippen LogP contribution in [0.4, 0.5) is 20.1 Å². The lowest BCUT2D eigenvalue weighted by molar-refractivity contribution is -0.134. The van der Waals surface area contributed by atoms with Gasteiger partial charge in [-0.15, -0.1) is 0 Å². The number of primary amides is 1. The van der Waals surface area contributed by atoms with Crippen LogP contribution in [0.25, 0.3) is 5.57 Å². The Labute approximate surface area is 506 Å². The first-order chi connectivity index (χ1) is 41.9. The van der Waals surface area contributed by atoms with Crippen LogP contribution < -0.4 is 42.4 Å². The number of carbonyl (C=O) groups is 8. The third-order valence-electron chi connectivity index (χ3n) is 15.5. The van der Waals surface area contributed by atoms with Crippen molar-refractivity contribution in [2.45, 2.75) is 89.5 Å². The van der Waals surface area contributed by atoms with Crippen LogP contribution in [0, 0.1) is 11.8 Å². The first-order valence-electron chi connectivity index (χ1n) is 29.3. The summed E-state index contributed by atoms with van der Waals surface area (Å²) in [6.45, 7) is 4.01. The zero-order valence-electron chi connectivity index (χ0n) is 50.3. The van der Waals surface area contributed by atoms with E-state index in [1.165, 1.54) is 54.2 Å². The predicted octanol–water partition coefficient (Wildman–Crippen LogP) is 3.23. The molecule has 0 saturated carbocycles. The predicted molar refractivity (Wildman–Crippen MR) is 321 cm³/mol. The number of Topliss-reactive ketones (excluding diaryl/α,β-unsaturated/α-hetero) is 1. The van der Waals surface area contributed by atoms with Gasteiger partial charge in [-0.2, -0.15) is 0 Å². The summed E-state index contributed by atoms with van der Waals surface area (Å²) in [5, 5.41) is 28.0. The Morgan fingerprint density at radius 1 is 0.920 bits per heavy atom. The van der Waals surface area contributed by atoms with Crippen molar-refractivity contribution in [3.05, 3.63) is 124 Å². The van der Waals surface area contributed by atoms with Gasteiger partial charge in [-0.3, -0.25) is 19.2 Å². The molecule has 2 heterocycles. The van der Waals surface area contributed by atoms with E-state index >= 15 is 0 Å². The third kappa shape index (κ3) is 18.3. The first kappa shape index (κ1) is 66.0. The molecule has 0 radical (unpaired) electrons. The van der Waals surface area contributed by atoms with E-state index in [2.05, 4.69) is 31.9 Å². The monoisotopic (exact) mass is 1210 g/mol. The molecule has 2 aromatic rings. The van der Waals surface area contributed by atoms with Crippen molar-refractivity contribution in [3.63, 3.8) is 0 Å². The van der Waals surface area contributed by atoms with Crippen LogP contribution in [0.5, 0.6) is 5.75 Å². The second-order valence-corrected chi connectivity index (χ2v) is 21.5. The second kappa shape index (κ2) is 32.3. The highest BCUT2D eigenvalue weighted by molar-refractivity contribution is 6.19. The molecule has 2 aromatic carbocycles. The van der Waals surface area contributed by atoms with Gasteiger partial charge < -0.3 is 85.9 Å². The van der Waals surface area contributed by atoms with Crippen LogP contribution in [0.3, 0.4) is 0 Å². The van der Waals surface area contributed by atoms with Gasteiger partial charge in [0.25, 0.3) is 0 Å². The summed E-state index contributed by atoms with van der Waals surface area (Å²) >= 11 is 0. The van der Waals surface area contributed by atoms with Gasteiger partial charge in [-0.25, -0.2) is 19.2 Å². The number of nitrogens with zero attached hydrogens (tertiary/aromatic N) is 3. The molecule has 25 nitrogen and oxygen atoms in total. The number of esters is 1. The fraction of sp³-hybridized carbons (Fsp3) is 0.484. The molecular formula is C62H82N10O15. The Morgan fingerprint density at radius 2 is 1.69 bits per heavy atom. The van der Waals surface area contributed by atoms with Gasteiger partial charge in [0.1, 0.15) is 37.1 Å². The second-order valence-electron chi connectivity index (χ2n) is 21.5. The first-order valence-corrected chi connectivity index (χ1v) is 29.3. The lowest BCUT2D eigenvalue weighted by atomic mass is 9.73. The van der Waals surface area contributed by atoms with E-state index in [9.17, 15) is 43.5 Å². The van der Waals surface area contributed by atoms with E-state index in [1.807, 2.05) is 44.3 Å². The topological polar surface area (TPSA) is 320 Å². The van der Waals surface area contributed by atoms with Gasteiger partial charge in [-0.1, -0.05) is 36.8 Å². The number of anilines is 1. The van der Waals surface area contributed by atoms with Gasteiger partial charge in [0.05, 0.1) is 25.3 Å². The number of urea groups is 1. The van der Waals surface area contributed by atoms with Crippen LogP contribution in [0.2, 0.25) is 0 Å². The van der Waals surface area contributed by atoms with Gasteiger partial charge in [-0.05, 0) is 123 Å². The molecule has 0 bridgehead atoms. The molecule has 7 rings (SSSR count). The number of nitrogens with two attached hydrogens (primary N) is 1. The Balaban J connectivity index is 0.882. The molecule has 25 heteroatoms. The highest BCUT2D eigenvalue weighted by Gasteiger charge is 2.39. The van der Waals surface area contributed by atoms with Crippen LogP contribution in [0.15, 0.2) is 96.0 Å². The number of rotatable bonds is 31. The minimum absolute atomic E-state index is 0.0319. The molecular weight excluding hydrogens is 1120 g/mol. The van der Waals surface area contributed by atoms with Gasteiger partial charge >= 0.3 is 24.2 Å². The molecule has 0 aromatic heterocycles. The minimum Gasteiger partial charge on any atom is -0.493 e. The number of hydrogen-bond acceptors (Lipinski definition) is 18. The Morgan fingerprint density at radius 3 is 2.41 bits per heavy atom. The van der Waals surface area contributed by atoms with Gasteiger partial charge in [0, 0.05) is 103 Å². The number of ketones is 1. The zero-order chi connectivity index (χ0) is 62.6. The van der Waals surface area contributed by atoms with Gasteiger partial charge in [0.2, 0.25) is 17.7 Å². The maximum atomic E-state index is 14.2. The highest BCUT2D eigenvalue weighted by Crippen LogP contribution is 2.45. The molecule has 6 atom stereocenters. The molecule has 87 heavy (non-hydrogen) atoms. The molecule has 0 fully saturated rings. The average molecular weight is 1210 g/mol. The van der Waals surface area contributed by atoms with Crippen molar-refractivity contribution in [3.8, 4) is 5.75 Å². The van der Waals surface area contributed by atoms with Crippen molar-refractivity contribution in [1.82, 2.24) is 41.3 Å².